The summed E-state index contributed by atoms with van der Waals surface area (Å²) in [5, 5.41) is 2.79. The molecule has 0 radical (unpaired) electrons. The monoisotopic (exact) mass is 424 g/mol. The van der Waals surface area contributed by atoms with Crippen molar-refractivity contribution in [3.63, 3.8) is 0 Å². The van der Waals surface area contributed by atoms with Gasteiger partial charge in [0.05, 0.1) is 28.6 Å². The van der Waals surface area contributed by atoms with E-state index >= 15 is 0 Å². The lowest BCUT2D eigenvalue weighted by Gasteiger charge is -2.10. The molecule has 9 heteroatoms. The van der Waals surface area contributed by atoms with Crippen LogP contribution in [-0.4, -0.2) is 14.3 Å². The molecule has 0 atom stereocenters. The normalized spacial score (nSPS) is 11.5. The summed E-state index contributed by atoms with van der Waals surface area (Å²) in [5.74, 6) is 0.151. The van der Waals surface area contributed by atoms with Crippen LogP contribution in [0.5, 0.6) is 0 Å². The van der Waals surface area contributed by atoms with Gasteiger partial charge in [0.1, 0.15) is 5.76 Å². The van der Waals surface area contributed by atoms with Crippen LogP contribution in [0.4, 0.5) is 0 Å². The van der Waals surface area contributed by atoms with Gasteiger partial charge in [-0.15, -0.1) is 11.3 Å². The van der Waals surface area contributed by atoms with E-state index in [9.17, 15) is 13.2 Å². The summed E-state index contributed by atoms with van der Waals surface area (Å²) in [7, 11) is -3.78. The molecule has 2 aromatic heterocycles. The molecular weight excluding hydrogens is 408 g/mol. The topological polar surface area (TPSA) is 88.4 Å². The standard InChI is InChI=1S/C18H17ClN2O4S2/c1-12-4-6-15(27(23,24)21-10-13-3-2-8-25-13)9-16(12)18(22)20-11-14-5-7-17(19)26-14/h2-9,21H,10-11H2,1H3,(H,20,22). The third-order valence-electron chi connectivity index (χ3n) is 3.83. The maximum atomic E-state index is 12.5. The number of halogens is 1. The van der Waals surface area contributed by atoms with Crippen molar-refractivity contribution in [2.24, 2.45) is 0 Å². The minimum atomic E-state index is -3.78. The number of amides is 1. The molecule has 0 bridgehead atoms. The van der Waals surface area contributed by atoms with Crippen molar-refractivity contribution < 1.29 is 17.6 Å². The fourth-order valence-electron chi connectivity index (χ4n) is 2.38. The molecule has 0 aliphatic carbocycles. The number of carbonyl (C=O) groups is 1. The van der Waals surface area contributed by atoms with E-state index in [0.29, 0.717) is 27.8 Å². The summed E-state index contributed by atoms with van der Waals surface area (Å²) in [6.07, 6.45) is 1.47. The van der Waals surface area contributed by atoms with Crippen LogP contribution >= 0.6 is 22.9 Å². The molecule has 3 aromatic rings. The van der Waals surface area contributed by atoms with E-state index in [2.05, 4.69) is 10.0 Å². The third kappa shape index (κ3) is 4.98. The van der Waals surface area contributed by atoms with Crippen LogP contribution in [0.1, 0.15) is 26.6 Å². The van der Waals surface area contributed by atoms with E-state index in [1.165, 1.54) is 29.7 Å². The van der Waals surface area contributed by atoms with Crippen molar-refractivity contribution in [1.29, 1.82) is 0 Å². The van der Waals surface area contributed by atoms with Crippen molar-refractivity contribution in [3.05, 3.63) is 74.8 Å². The first-order chi connectivity index (χ1) is 12.8. The number of furan rings is 1. The van der Waals surface area contributed by atoms with E-state index in [1.54, 1.807) is 31.2 Å². The fraction of sp³-hybridized carbons (Fsp3) is 0.167. The van der Waals surface area contributed by atoms with Crippen molar-refractivity contribution in [1.82, 2.24) is 10.0 Å². The second kappa shape index (κ2) is 8.26. The Bertz CT molecular complexity index is 1040. The van der Waals surface area contributed by atoms with Gasteiger partial charge in [-0.1, -0.05) is 17.7 Å². The molecule has 0 unspecified atom stereocenters. The van der Waals surface area contributed by atoms with Gasteiger partial charge < -0.3 is 9.73 Å². The number of aryl methyl sites for hydroxylation is 1. The summed E-state index contributed by atoms with van der Waals surface area (Å²) in [6.45, 7) is 2.11. The van der Waals surface area contributed by atoms with Crippen LogP contribution in [0, 0.1) is 6.92 Å². The maximum Gasteiger partial charge on any atom is 0.251 e. The lowest BCUT2D eigenvalue weighted by Crippen LogP contribution is -2.26. The van der Waals surface area contributed by atoms with E-state index in [0.717, 1.165) is 4.88 Å². The highest BCUT2D eigenvalue weighted by Crippen LogP contribution is 2.21. The van der Waals surface area contributed by atoms with Crippen LogP contribution < -0.4 is 10.0 Å². The first-order valence-electron chi connectivity index (χ1n) is 8.00. The van der Waals surface area contributed by atoms with E-state index in [4.69, 9.17) is 16.0 Å². The zero-order valence-corrected chi connectivity index (χ0v) is 16.7. The zero-order chi connectivity index (χ0) is 19.4. The Kier molecular flexibility index (Phi) is 6.01. The molecule has 0 fully saturated rings. The minimum absolute atomic E-state index is 0.0176. The first kappa shape index (κ1) is 19.6. The van der Waals surface area contributed by atoms with Gasteiger partial charge >= 0.3 is 0 Å². The smallest absolute Gasteiger partial charge is 0.251 e. The molecule has 3 rings (SSSR count). The van der Waals surface area contributed by atoms with Gasteiger partial charge in [0.15, 0.2) is 0 Å². The predicted molar refractivity (Wildman–Crippen MR) is 104 cm³/mol. The van der Waals surface area contributed by atoms with Gasteiger partial charge in [-0.05, 0) is 48.9 Å². The SMILES string of the molecule is Cc1ccc(S(=O)(=O)NCc2ccco2)cc1C(=O)NCc1ccc(Cl)s1. The molecule has 0 aliphatic rings. The van der Waals surface area contributed by atoms with E-state index in [1.807, 2.05) is 6.07 Å². The fourth-order valence-corrected chi connectivity index (χ4v) is 4.43. The van der Waals surface area contributed by atoms with Gasteiger partial charge in [0.2, 0.25) is 10.0 Å². The van der Waals surface area contributed by atoms with Gasteiger partial charge in [0, 0.05) is 10.4 Å². The van der Waals surface area contributed by atoms with Crippen molar-refractivity contribution in [2.75, 3.05) is 0 Å². The summed E-state index contributed by atoms with van der Waals surface area (Å²) in [5.41, 5.74) is 0.986. The molecule has 1 aromatic carbocycles. The summed E-state index contributed by atoms with van der Waals surface area (Å²) >= 11 is 7.26. The van der Waals surface area contributed by atoms with E-state index < -0.39 is 10.0 Å². The number of hydrogen-bond donors (Lipinski definition) is 2. The predicted octanol–water partition coefficient (Wildman–Crippen LogP) is 3.71. The number of benzene rings is 1. The Hall–Kier alpha value is -2.13. The summed E-state index contributed by atoms with van der Waals surface area (Å²) in [4.78, 5) is 13.4. The van der Waals surface area contributed by atoms with Gasteiger partial charge in [-0.2, -0.15) is 0 Å². The molecule has 2 N–H and O–H groups in total. The highest BCUT2D eigenvalue weighted by molar-refractivity contribution is 7.89. The van der Waals surface area contributed by atoms with Gasteiger partial charge in [-0.3, -0.25) is 4.79 Å². The number of carbonyl (C=O) groups excluding carboxylic acids is 1. The third-order valence-corrected chi connectivity index (χ3v) is 6.46. The number of hydrogen-bond acceptors (Lipinski definition) is 5. The molecular formula is C18H17ClN2O4S2. The summed E-state index contributed by atoms with van der Waals surface area (Å²) in [6, 6.07) is 11.4. The van der Waals surface area contributed by atoms with Crippen LogP contribution in [0.15, 0.2) is 58.0 Å². The van der Waals surface area contributed by atoms with Crippen molar-refractivity contribution in [2.45, 2.75) is 24.9 Å². The van der Waals surface area contributed by atoms with Gasteiger partial charge in [-0.25, -0.2) is 13.1 Å². The van der Waals surface area contributed by atoms with Crippen LogP contribution in [0.2, 0.25) is 4.34 Å². The molecule has 0 saturated heterocycles. The van der Waals surface area contributed by atoms with Crippen LogP contribution in [-0.2, 0) is 23.1 Å². The molecule has 2 heterocycles. The molecule has 6 nitrogen and oxygen atoms in total. The van der Waals surface area contributed by atoms with Crippen molar-refractivity contribution in [3.8, 4) is 0 Å². The van der Waals surface area contributed by atoms with E-state index in [-0.39, 0.29) is 17.3 Å². The Labute approximate surface area is 166 Å². The summed E-state index contributed by atoms with van der Waals surface area (Å²) < 4.78 is 33.2. The Morgan fingerprint density at radius 1 is 1.19 bits per heavy atom. The van der Waals surface area contributed by atoms with Crippen molar-refractivity contribution >= 4 is 38.9 Å². The van der Waals surface area contributed by atoms with Crippen LogP contribution in [0.3, 0.4) is 0 Å². The number of sulfonamides is 1. The Morgan fingerprint density at radius 3 is 2.67 bits per heavy atom. The average Bonchev–Trinajstić information content (AvgIpc) is 3.30. The molecule has 142 valence electrons. The molecule has 0 aliphatic heterocycles. The molecule has 0 spiro atoms. The molecule has 1 amide bonds. The number of nitrogens with one attached hydrogen (secondary N) is 2. The lowest BCUT2D eigenvalue weighted by molar-refractivity contribution is 0.0950. The van der Waals surface area contributed by atoms with Gasteiger partial charge in [0.25, 0.3) is 5.91 Å². The second-order valence-electron chi connectivity index (χ2n) is 5.77. The Morgan fingerprint density at radius 2 is 2.00 bits per heavy atom. The largest absolute Gasteiger partial charge is 0.468 e. The zero-order valence-electron chi connectivity index (χ0n) is 14.4. The van der Waals surface area contributed by atoms with Crippen LogP contribution in [0.25, 0.3) is 0 Å². The number of rotatable bonds is 7. The Balaban J connectivity index is 1.73. The lowest BCUT2D eigenvalue weighted by atomic mass is 10.1. The highest BCUT2D eigenvalue weighted by atomic mass is 35.5. The first-order valence-corrected chi connectivity index (χ1v) is 10.7. The average molecular weight is 425 g/mol. The molecule has 27 heavy (non-hydrogen) atoms. The molecule has 0 saturated carbocycles. The maximum absolute atomic E-state index is 12.5. The quantitative estimate of drug-likeness (QED) is 0.605. The number of thiophene rings is 1. The highest BCUT2D eigenvalue weighted by Gasteiger charge is 2.18. The second-order valence-corrected chi connectivity index (χ2v) is 9.34. The minimum Gasteiger partial charge on any atom is -0.468 e.